The van der Waals surface area contributed by atoms with Gasteiger partial charge in [-0.3, -0.25) is 4.79 Å². The van der Waals surface area contributed by atoms with Gasteiger partial charge in [-0.25, -0.2) is 0 Å². The molecule has 0 amide bonds. The molecule has 21 heavy (non-hydrogen) atoms. The maximum atomic E-state index is 12.6. The normalized spacial score (nSPS) is 10.2. The van der Waals surface area contributed by atoms with Crippen molar-refractivity contribution in [3.05, 3.63) is 53.6 Å². The molecule has 2 N–H and O–H groups in total. The van der Waals surface area contributed by atoms with E-state index in [0.29, 0.717) is 41.5 Å². The van der Waals surface area contributed by atoms with Crippen LogP contribution >= 0.6 is 0 Å². The van der Waals surface area contributed by atoms with Gasteiger partial charge in [-0.1, -0.05) is 30.3 Å². The summed E-state index contributed by atoms with van der Waals surface area (Å²) >= 11 is 0. The van der Waals surface area contributed by atoms with Gasteiger partial charge in [0, 0.05) is 11.6 Å². The Labute approximate surface area is 124 Å². The Morgan fingerprint density at radius 3 is 2.24 bits per heavy atom. The molecule has 0 aliphatic rings. The molecule has 0 aliphatic carbocycles. The summed E-state index contributed by atoms with van der Waals surface area (Å²) in [5.74, 6) is 0.868. The second-order valence-electron chi connectivity index (χ2n) is 4.45. The molecule has 0 saturated heterocycles. The lowest BCUT2D eigenvalue weighted by atomic mass is 10.0. The molecule has 0 aromatic heterocycles. The fraction of sp³-hybridized carbons (Fsp3) is 0.235. The van der Waals surface area contributed by atoms with Gasteiger partial charge in [0.1, 0.15) is 11.5 Å². The van der Waals surface area contributed by atoms with Crippen LogP contribution in [0.2, 0.25) is 0 Å². The third-order valence-electron chi connectivity index (χ3n) is 2.99. The zero-order chi connectivity index (χ0) is 15.2. The molecular weight excluding hydrogens is 266 g/mol. The lowest BCUT2D eigenvalue weighted by Crippen LogP contribution is -2.08. The Bertz CT molecular complexity index is 623. The van der Waals surface area contributed by atoms with Crippen LogP contribution < -0.4 is 15.2 Å². The van der Waals surface area contributed by atoms with Crippen LogP contribution in [0, 0.1) is 0 Å². The molecule has 0 bridgehead atoms. The van der Waals surface area contributed by atoms with E-state index >= 15 is 0 Å². The molecule has 0 heterocycles. The van der Waals surface area contributed by atoms with E-state index in [1.54, 1.807) is 24.3 Å². The van der Waals surface area contributed by atoms with E-state index < -0.39 is 0 Å². The molecule has 0 atom stereocenters. The quantitative estimate of drug-likeness (QED) is 0.653. The minimum Gasteiger partial charge on any atom is -0.493 e. The monoisotopic (exact) mass is 285 g/mol. The SMILES string of the molecule is CCOc1cc(C(=O)c2ccccc2)c(OCC)cc1N. The molecule has 0 saturated carbocycles. The topological polar surface area (TPSA) is 61.5 Å². The van der Waals surface area contributed by atoms with Crippen LogP contribution in [0.25, 0.3) is 0 Å². The van der Waals surface area contributed by atoms with Crippen molar-refractivity contribution in [3.8, 4) is 11.5 Å². The van der Waals surface area contributed by atoms with Crippen molar-refractivity contribution in [2.75, 3.05) is 18.9 Å². The van der Waals surface area contributed by atoms with Crippen LogP contribution in [-0.4, -0.2) is 19.0 Å². The summed E-state index contributed by atoms with van der Waals surface area (Å²) in [6.45, 7) is 4.68. The van der Waals surface area contributed by atoms with Crippen LogP contribution in [0.5, 0.6) is 11.5 Å². The van der Waals surface area contributed by atoms with Crippen LogP contribution in [0.1, 0.15) is 29.8 Å². The average Bonchev–Trinajstić information content (AvgIpc) is 2.50. The number of nitrogen functional groups attached to an aromatic ring is 1. The van der Waals surface area contributed by atoms with Gasteiger partial charge >= 0.3 is 0 Å². The zero-order valence-corrected chi connectivity index (χ0v) is 12.3. The van der Waals surface area contributed by atoms with E-state index in [2.05, 4.69) is 0 Å². The van der Waals surface area contributed by atoms with Crippen LogP contribution in [0.4, 0.5) is 5.69 Å². The first kappa shape index (κ1) is 14.9. The number of benzene rings is 2. The molecule has 0 radical (unpaired) electrons. The summed E-state index contributed by atoms with van der Waals surface area (Å²) in [5, 5.41) is 0. The highest BCUT2D eigenvalue weighted by Gasteiger charge is 2.18. The molecule has 2 aromatic carbocycles. The van der Waals surface area contributed by atoms with Gasteiger partial charge in [-0.05, 0) is 19.9 Å². The van der Waals surface area contributed by atoms with Crippen LogP contribution in [-0.2, 0) is 0 Å². The lowest BCUT2D eigenvalue weighted by Gasteiger charge is -2.14. The number of ketones is 1. The molecule has 110 valence electrons. The first-order chi connectivity index (χ1) is 10.2. The Hall–Kier alpha value is -2.49. The number of ether oxygens (including phenoxy) is 2. The molecule has 2 aromatic rings. The maximum Gasteiger partial charge on any atom is 0.196 e. The molecule has 0 aliphatic heterocycles. The summed E-state index contributed by atoms with van der Waals surface area (Å²) in [6.07, 6.45) is 0. The van der Waals surface area contributed by atoms with Crippen molar-refractivity contribution in [2.45, 2.75) is 13.8 Å². The van der Waals surface area contributed by atoms with Gasteiger partial charge in [0.15, 0.2) is 5.78 Å². The van der Waals surface area contributed by atoms with Gasteiger partial charge in [0.2, 0.25) is 0 Å². The second-order valence-corrected chi connectivity index (χ2v) is 4.45. The van der Waals surface area contributed by atoms with Gasteiger partial charge in [-0.15, -0.1) is 0 Å². The Morgan fingerprint density at radius 1 is 1.00 bits per heavy atom. The number of rotatable bonds is 6. The third-order valence-corrected chi connectivity index (χ3v) is 2.99. The van der Waals surface area contributed by atoms with Gasteiger partial charge < -0.3 is 15.2 Å². The predicted molar refractivity (Wildman–Crippen MR) is 83.1 cm³/mol. The first-order valence-electron chi connectivity index (χ1n) is 6.96. The van der Waals surface area contributed by atoms with E-state index in [0.717, 1.165) is 0 Å². The third kappa shape index (κ3) is 3.34. The van der Waals surface area contributed by atoms with Gasteiger partial charge in [-0.2, -0.15) is 0 Å². The van der Waals surface area contributed by atoms with Gasteiger partial charge in [0.25, 0.3) is 0 Å². The minimum atomic E-state index is -0.111. The van der Waals surface area contributed by atoms with E-state index in [9.17, 15) is 4.79 Å². The highest BCUT2D eigenvalue weighted by Crippen LogP contribution is 2.32. The average molecular weight is 285 g/mol. The maximum absolute atomic E-state index is 12.6. The summed E-state index contributed by atoms with van der Waals surface area (Å²) < 4.78 is 11.0. The fourth-order valence-electron chi connectivity index (χ4n) is 2.05. The standard InChI is InChI=1S/C17H19NO3/c1-3-20-15-11-14(18)16(21-4-2)10-13(15)17(19)12-8-6-5-7-9-12/h5-11H,3-4,18H2,1-2H3. The molecular formula is C17H19NO3. The summed E-state index contributed by atoms with van der Waals surface area (Å²) in [6, 6.07) is 12.4. The fourth-order valence-corrected chi connectivity index (χ4v) is 2.05. The predicted octanol–water partition coefficient (Wildman–Crippen LogP) is 3.30. The number of carbonyl (C=O) groups is 1. The van der Waals surface area contributed by atoms with Crippen molar-refractivity contribution >= 4 is 11.5 Å². The summed E-state index contributed by atoms with van der Waals surface area (Å²) in [5.41, 5.74) is 7.45. The van der Waals surface area contributed by atoms with Crippen LogP contribution in [0.15, 0.2) is 42.5 Å². The number of nitrogens with two attached hydrogens (primary N) is 1. The second kappa shape index (κ2) is 6.79. The highest BCUT2D eigenvalue weighted by molar-refractivity contribution is 6.11. The number of hydrogen-bond acceptors (Lipinski definition) is 4. The van der Waals surface area contributed by atoms with Crippen molar-refractivity contribution in [3.63, 3.8) is 0 Å². The van der Waals surface area contributed by atoms with E-state index in [4.69, 9.17) is 15.2 Å². The minimum absolute atomic E-state index is 0.111. The van der Waals surface area contributed by atoms with E-state index in [1.807, 2.05) is 32.0 Å². The molecule has 0 spiro atoms. The molecule has 2 rings (SSSR count). The molecule has 4 nitrogen and oxygen atoms in total. The summed E-state index contributed by atoms with van der Waals surface area (Å²) in [7, 11) is 0. The lowest BCUT2D eigenvalue weighted by molar-refractivity contribution is 0.103. The molecule has 0 fully saturated rings. The van der Waals surface area contributed by atoms with Crippen molar-refractivity contribution in [2.24, 2.45) is 0 Å². The molecule has 4 heteroatoms. The van der Waals surface area contributed by atoms with Crippen LogP contribution in [0.3, 0.4) is 0 Å². The molecule has 0 unspecified atom stereocenters. The highest BCUT2D eigenvalue weighted by atomic mass is 16.5. The Balaban J connectivity index is 2.49. The van der Waals surface area contributed by atoms with Crippen molar-refractivity contribution < 1.29 is 14.3 Å². The van der Waals surface area contributed by atoms with E-state index in [1.165, 1.54) is 0 Å². The van der Waals surface area contributed by atoms with Crippen molar-refractivity contribution in [1.29, 1.82) is 0 Å². The summed E-state index contributed by atoms with van der Waals surface area (Å²) in [4.78, 5) is 12.6. The number of hydrogen-bond donors (Lipinski definition) is 1. The first-order valence-corrected chi connectivity index (χ1v) is 6.96. The number of carbonyl (C=O) groups excluding carboxylic acids is 1. The zero-order valence-electron chi connectivity index (χ0n) is 12.3. The largest absolute Gasteiger partial charge is 0.493 e. The smallest absolute Gasteiger partial charge is 0.196 e. The van der Waals surface area contributed by atoms with E-state index in [-0.39, 0.29) is 5.78 Å². The number of anilines is 1. The Kier molecular flexibility index (Phi) is 4.82. The van der Waals surface area contributed by atoms with Gasteiger partial charge in [0.05, 0.1) is 24.5 Å². The Morgan fingerprint density at radius 2 is 1.62 bits per heavy atom. The van der Waals surface area contributed by atoms with Crippen molar-refractivity contribution in [1.82, 2.24) is 0 Å².